The second kappa shape index (κ2) is 10.7. The third-order valence-corrected chi connectivity index (χ3v) is 13.7. The first-order valence-corrected chi connectivity index (χ1v) is 17.8. The minimum absolute atomic E-state index is 0.00702. The van der Waals surface area contributed by atoms with Crippen LogP contribution in [0, 0.1) is 29.6 Å². The number of carbonyl (C=O) groups is 2. The first-order chi connectivity index (χ1) is 22.4. The zero-order valence-corrected chi connectivity index (χ0v) is 27.4. The summed E-state index contributed by atoms with van der Waals surface area (Å²) in [7, 11) is 0. The Bertz CT molecular complexity index is 2090. The van der Waals surface area contributed by atoms with E-state index in [-0.39, 0.29) is 51.5 Å². The van der Waals surface area contributed by atoms with Gasteiger partial charge in [0, 0.05) is 15.8 Å². The molecule has 1 saturated heterocycles. The standard InChI is InChI=1S/C36H26Cl2N2O4S2/c37-19-10-12-20(13-11-19)40-33(41)28-22-16-23(29(28)34(40)42)31-27(22)30(26-15-14-25(44-26)21-8-4-5-9-24(21)38)32-35(45-31)39(36(43)46-32)17-18-6-2-1-3-7-18/h1-15,22-23,27-31H,16-17H2/t22-,23-,27-,28+,29+,30+,31+/m1/s1. The molecule has 2 saturated carbocycles. The predicted molar refractivity (Wildman–Crippen MR) is 181 cm³/mol. The monoisotopic (exact) mass is 684 g/mol. The highest BCUT2D eigenvalue weighted by atomic mass is 35.5. The quantitative estimate of drug-likeness (QED) is 0.175. The first kappa shape index (κ1) is 28.6. The molecule has 4 heterocycles. The lowest BCUT2D eigenvalue weighted by atomic mass is 9.69. The minimum atomic E-state index is -0.403. The maximum Gasteiger partial charge on any atom is 0.308 e. The van der Waals surface area contributed by atoms with Crippen LogP contribution in [0.5, 0.6) is 0 Å². The van der Waals surface area contributed by atoms with Gasteiger partial charge in [-0.25, -0.2) is 0 Å². The number of benzene rings is 3. The summed E-state index contributed by atoms with van der Waals surface area (Å²) < 4.78 is 8.50. The summed E-state index contributed by atoms with van der Waals surface area (Å²) >= 11 is 15.7. The molecule has 2 bridgehead atoms. The van der Waals surface area contributed by atoms with E-state index in [1.807, 2.05) is 71.3 Å². The third-order valence-electron chi connectivity index (χ3n) is 10.3. The molecule has 2 aliphatic heterocycles. The molecule has 6 nitrogen and oxygen atoms in total. The molecule has 0 spiro atoms. The van der Waals surface area contributed by atoms with Crippen LogP contribution in [0.15, 0.2) is 105 Å². The van der Waals surface area contributed by atoms with Crippen molar-refractivity contribution < 1.29 is 14.0 Å². The summed E-state index contributed by atoms with van der Waals surface area (Å²) in [5.74, 6) is 0.161. The van der Waals surface area contributed by atoms with Crippen LogP contribution in [0.2, 0.25) is 10.0 Å². The molecular formula is C36H26Cl2N2O4S2. The van der Waals surface area contributed by atoms with Gasteiger partial charge in [0.05, 0.1) is 44.9 Å². The molecule has 230 valence electrons. The number of carbonyl (C=O) groups excluding carboxylic acids is 2. The Morgan fingerprint density at radius 3 is 2.28 bits per heavy atom. The summed E-state index contributed by atoms with van der Waals surface area (Å²) in [6, 6.07) is 28.4. The number of hydrogen-bond acceptors (Lipinski definition) is 6. The van der Waals surface area contributed by atoms with E-state index in [0.29, 0.717) is 28.0 Å². The molecule has 9 rings (SSSR count). The van der Waals surface area contributed by atoms with Gasteiger partial charge in [-0.1, -0.05) is 77.0 Å². The number of thioether (sulfide) groups is 1. The Hall–Kier alpha value is -3.56. The van der Waals surface area contributed by atoms with Gasteiger partial charge in [0.2, 0.25) is 11.8 Å². The second-order valence-electron chi connectivity index (χ2n) is 12.5. The Morgan fingerprint density at radius 2 is 1.52 bits per heavy atom. The second-order valence-corrected chi connectivity index (χ2v) is 15.5. The molecule has 0 radical (unpaired) electrons. The molecule has 2 aromatic heterocycles. The number of furan rings is 1. The van der Waals surface area contributed by atoms with Crippen molar-refractivity contribution in [3.8, 4) is 11.3 Å². The lowest BCUT2D eigenvalue weighted by Gasteiger charge is -2.42. The van der Waals surface area contributed by atoms with Crippen LogP contribution >= 0.6 is 46.3 Å². The molecule has 46 heavy (non-hydrogen) atoms. The average Bonchev–Trinajstić information content (AvgIpc) is 3.87. The van der Waals surface area contributed by atoms with Gasteiger partial charge < -0.3 is 4.42 Å². The minimum Gasteiger partial charge on any atom is -0.460 e. The van der Waals surface area contributed by atoms with Gasteiger partial charge in [-0.3, -0.25) is 23.9 Å². The van der Waals surface area contributed by atoms with Crippen LogP contribution in [0.25, 0.3) is 11.3 Å². The number of nitrogens with zero attached hydrogens (tertiary/aromatic N) is 2. The van der Waals surface area contributed by atoms with E-state index in [2.05, 4.69) is 0 Å². The summed E-state index contributed by atoms with van der Waals surface area (Å²) in [5, 5.41) is 2.14. The van der Waals surface area contributed by atoms with Gasteiger partial charge in [-0.2, -0.15) is 0 Å². The van der Waals surface area contributed by atoms with Crippen LogP contribution in [-0.4, -0.2) is 21.6 Å². The lowest BCUT2D eigenvalue weighted by Crippen LogP contribution is -2.43. The Morgan fingerprint density at radius 1 is 0.804 bits per heavy atom. The predicted octanol–water partition coefficient (Wildman–Crippen LogP) is 8.20. The summed E-state index contributed by atoms with van der Waals surface area (Å²) in [6.45, 7) is 0.466. The molecule has 0 N–H and O–H groups in total. The van der Waals surface area contributed by atoms with Crippen LogP contribution < -0.4 is 9.77 Å². The van der Waals surface area contributed by atoms with E-state index < -0.39 is 5.92 Å². The molecule has 3 fully saturated rings. The normalized spacial score (nSPS) is 27.6. The smallest absolute Gasteiger partial charge is 0.308 e. The largest absolute Gasteiger partial charge is 0.460 e. The van der Waals surface area contributed by atoms with Crippen molar-refractivity contribution in [3.63, 3.8) is 0 Å². The summed E-state index contributed by atoms with van der Waals surface area (Å²) in [5.41, 5.74) is 2.41. The van der Waals surface area contributed by atoms with Crippen LogP contribution in [-0.2, 0) is 16.1 Å². The van der Waals surface area contributed by atoms with Gasteiger partial charge >= 0.3 is 4.87 Å². The van der Waals surface area contributed by atoms with E-state index in [9.17, 15) is 14.4 Å². The third kappa shape index (κ3) is 4.20. The number of aromatic nitrogens is 1. The van der Waals surface area contributed by atoms with Crippen LogP contribution in [0.4, 0.5) is 5.69 Å². The molecule has 0 unspecified atom stereocenters. The number of halogens is 2. The van der Waals surface area contributed by atoms with Crippen molar-refractivity contribution in [2.24, 2.45) is 29.6 Å². The Labute approximate surface area is 282 Å². The zero-order valence-electron chi connectivity index (χ0n) is 24.2. The van der Waals surface area contributed by atoms with Crippen LogP contribution in [0.3, 0.4) is 0 Å². The molecule has 10 heteroatoms. The maximum absolute atomic E-state index is 14.1. The van der Waals surface area contributed by atoms with Gasteiger partial charge in [0.15, 0.2) is 0 Å². The SMILES string of the molecule is O=C1[C@H]2[C@H]3C[C@@H]([C@@H]2C(=O)N1c1ccc(Cl)cc1)[C@@H]1[C@H](c2ccc(-c4ccccc4Cl)o2)c2sc(=O)n(Cc4ccccc4)c2S[C@@H]31. The number of rotatable bonds is 5. The van der Waals surface area contributed by atoms with Gasteiger partial charge in [0.25, 0.3) is 0 Å². The highest BCUT2D eigenvalue weighted by Crippen LogP contribution is 2.69. The fourth-order valence-corrected chi connectivity index (χ4v) is 12.0. The fraction of sp³-hybridized carbons (Fsp3) is 0.250. The molecular weight excluding hydrogens is 659 g/mol. The highest BCUT2D eigenvalue weighted by molar-refractivity contribution is 8.00. The van der Waals surface area contributed by atoms with Crippen LogP contribution in [0.1, 0.15) is 28.5 Å². The Balaban J connectivity index is 1.16. The van der Waals surface area contributed by atoms with Gasteiger partial charge in [-0.05, 0) is 78.3 Å². The van der Waals surface area contributed by atoms with E-state index >= 15 is 0 Å². The van der Waals surface area contributed by atoms with E-state index in [1.165, 1.54) is 16.2 Å². The lowest BCUT2D eigenvalue weighted by molar-refractivity contribution is -0.123. The number of thiazole rings is 1. The molecule has 4 aliphatic rings. The maximum atomic E-state index is 14.1. The highest BCUT2D eigenvalue weighted by Gasteiger charge is 2.70. The molecule has 2 amide bonds. The average molecular weight is 686 g/mol. The Kier molecular flexibility index (Phi) is 6.69. The van der Waals surface area contributed by atoms with Gasteiger partial charge in [-0.15, -0.1) is 11.8 Å². The van der Waals surface area contributed by atoms with E-state index in [4.69, 9.17) is 27.6 Å². The molecule has 5 aromatic rings. The number of amides is 2. The zero-order chi connectivity index (χ0) is 31.3. The van der Waals surface area contributed by atoms with Crippen molar-refractivity contribution in [1.29, 1.82) is 0 Å². The number of imide groups is 1. The first-order valence-electron chi connectivity index (χ1n) is 15.3. The summed E-state index contributed by atoms with van der Waals surface area (Å²) in [4.78, 5) is 44.1. The van der Waals surface area contributed by atoms with E-state index in [1.54, 1.807) is 36.0 Å². The molecule has 3 aromatic carbocycles. The van der Waals surface area contributed by atoms with Gasteiger partial charge in [0.1, 0.15) is 11.5 Å². The van der Waals surface area contributed by atoms with E-state index in [0.717, 1.165) is 33.2 Å². The van der Waals surface area contributed by atoms with Crippen molar-refractivity contribution in [2.75, 3.05) is 4.90 Å². The fourth-order valence-electron chi connectivity index (χ4n) is 8.51. The topological polar surface area (TPSA) is 72.5 Å². The number of anilines is 1. The molecule has 7 atom stereocenters. The summed E-state index contributed by atoms with van der Waals surface area (Å²) in [6.07, 6.45) is 0.802. The van der Waals surface area contributed by atoms with Crippen molar-refractivity contribution >= 4 is 63.8 Å². The van der Waals surface area contributed by atoms with Crippen molar-refractivity contribution in [3.05, 3.63) is 127 Å². The van der Waals surface area contributed by atoms with Crippen molar-refractivity contribution in [2.45, 2.75) is 29.2 Å². The van der Waals surface area contributed by atoms with Crippen molar-refractivity contribution in [1.82, 2.24) is 4.57 Å². The number of hydrogen-bond donors (Lipinski definition) is 0. The number of fused-ring (bicyclic) bond motifs is 9. The molecule has 2 aliphatic carbocycles.